The lowest BCUT2D eigenvalue weighted by Crippen LogP contribution is -2.42. The Labute approximate surface area is 216 Å². The van der Waals surface area contributed by atoms with E-state index in [1.165, 1.54) is 0 Å². The molecule has 1 amide bonds. The van der Waals surface area contributed by atoms with Gasteiger partial charge in [0.15, 0.2) is 11.5 Å². The molecule has 0 atom stereocenters. The summed E-state index contributed by atoms with van der Waals surface area (Å²) in [4.78, 5) is 32.1. The molecule has 8 heteroatoms. The van der Waals surface area contributed by atoms with E-state index in [2.05, 4.69) is 50.3 Å². The molecule has 0 unspecified atom stereocenters. The SMILES string of the molecule is [C-]#[N+]c1ccc(-c2nc(N3CCC(N(C)C)CC3)c3cncn3c2-c2ccc3c(c2)CC(=O)N3C)cc1. The number of carbonyl (C=O) groups is 1. The normalized spacial score (nSPS) is 16.0. The first-order valence-corrected chi connectivity index (χ1v) is 12.6. The Hall–Kier alpha value is -4.22. The largest absolute Gasteiger partial charge is 0.355 e. The Morgan fingerprint density at radius 3 is 2.49 bits per heavy atom. The molecule has 186 valence electrons. The van der Waals surface area contributed by atoms with Crippen molar-refractivity contribution in [2.24, 2.45) is 0 Å². The lowest BCUT2D eigenvalue weighted by atomic mass is 10.00. The third kappa shape index (κ3) is 3.92. The number of rotatable bonds is 4. The van der Waals surface area contributed by atoms with E-state index in [-0.39, 0.29) is 5.91 Å². The van der Waals surface area contributed by atoms with Crippen molar-refractivity contribution in [2.45, 2.75) is 25.3 Å². The lowest BCUT2D eigenvalue weighted by Gasteiger charge is -2.36. The molecule has 2 aliphatic heterocycles. The minimum atomic E-state index is 0.101. The zero-order valence-electron chi connectivity index (χ0n) is 21.3. The zero-order valence-corrected chi connectivity index (χ0v) is 21.3. The number of amides is 1. The molecule has 1 fully saturated rings. The molecule has 8 nitrogen and oxygen atoms in total. The van der Waals surface area contributed by atoms with Gasteiger partial charge in [-0.15, -0.1) is 0 Å². The van der Waals surface area contributed by atoms with Crippen LogP contribution in [-0.2, 0) is 11.2 Å². The number of aromatic nitrogens is 3. The first-order chi connectivity index (χ1) is 17.9. The molecule has 0 N–H and O–H groups in total. The summed E-state index contributed by atoms with van der Waals surface area (Å²) < 4.78 is 2.13. The number of carbonyl (C=O) groups excluding carboxylic acids is 1. The van der Waals surface area contributed by atoms with Gasteiger partial charge in [-0.3, -0.25) is 9.20 Å². The van der Waals surface area contributed by atoms with E-state index in [1.54, 1.807) is 4.90 Å². The van der Waals surface area contributed by atoms with Crippen LogP contribution >= 0.6 is 0 Å². The summed E-state index contributed by atoms with van der Waals surface area (Å²) in [6.45, 7) is 9.22. The Morgan fingerprint density at radius 2 is 1.78 bits per heavy atom. The van der Waals surface area contributed by atoms with Crippen LogP contribution in [0.15, 0.2) is 55.0 Å². The molecule has 2 aliphatic rings. The first kappa shape index (κ1) is 23.2. The average molecular weight is 492 g/mol. The zero-order chi connectivity index (χ0) is 25.7. The summed E-state index contributed by atoms with van der Waals surface area (Å²) in [6, 6.07) is 14.4. The predicted molar refractivity (Wildman–Crippen MR) is 146 cm³/mol. The first-order valence-electron chi connectivity index (χ1n) is 12.6. The summed E-state index contributed by atoms with van der Waals surface area (Å²) in [5.74, 6) is 1.03. The van der Waals surface area contributed by atoms with E-state index in [0.717, 1.165) is 71.0 Å². The smallest absolute Gasteiger partial charge is 0.231 e. The fourth-order valence-electron chi connectivity index (χ4n) is 5.58. The van der Waals surface area contributed by atoms with Crippen molar-refractivity contribution in [3.8, 4) is 22.5 Å². The number of benzene rings is 2. The van der Waals surface area contributed by atoms with Crippen molar-refractivity contribution in [1.82, 2.24) is 19.3 Å². The minimum absolute atomic E-state index is 0.101. The fourth-order valence-corrected chi connectivity index (χ4v) is 5.58. The van der Waals surface area contributed by atoms with Gasteiger partial charge in [0.25, 0.3) is 0 Å². The van der Waals surface area contributed by atoms with Crippen LogP contribution in [0.2, 0.25) is 0 Å². The minimum Gasteiger partial charge on any atom is -0.355 e. The summed E-state index contributed by atoms with van der Waals surface area (Å²) in [5.41, 5.74) is 7.22. The van der Waals surface area contributed by atoms with Crippen LogP contribution in [0.5, 0.6) is 0 Å². The molecule has 6 rings (SSSR count). The number of hydrogen-bond donors (Lipinski definition) is 0. The van der Waals surface area contributed by atoms with Gasteiger partial charge in [0, 0.05) is 37.4 Å². The Balaban J connectivity index is 1.53. The molecular weight excluding hydrogens is 462 g/mol. The van der Waals surface area contributed by atoms with E-state index in [9.17, 15) is 4.79 Å². The van der Waals surface area contributed by atoms with Crippen LogP contribution < -0.4 is 9.80 Å². The molecule has 0 radical (unpaired) electrons. The fraction of sp³-hybridized carbons (Fsp3) is 0.310. The molecule has 0 saturated carbocycles. The van der Waals surface area contributed by atoms with Crippen LogP contribution in [0.3, 0.4) is 0 Å². The highest BCUT2D eigenvalue weighted by Gasteiger charge is 2.28. The second-order valence-electron chi connectivity index (χ2n) is 10.1. The van der Waals surface area contributed by atoms with E-state index in [4.69, 9.17) is 11.6 Å². The second-order valence-corrected chi connectivity index (χ2v) is 10.1. The quantitative estimate of drug-likeness (QED) is 0.389. The maximum absolute atomic E-state index is 12.3. The molecule has 1 saturated heterocycles. The Kier molecular flexibility index (Phi) is 5.65. The number of imidazole rings is 1. The molecule has 4 heterocycles. The molecule has 0 aliphatic carbocycles. The standard InChI is InChI=1S/C29H29N7O/c1-30-22-8-5-19(6-9-22)27-28(20-7-10-24-21(15-20)16-26(37)34(24)4)36-18-31-17-25(36)29(32-27)35-13-11-23(12-14-35)33(2)3/h5-10,15,17-18,23H,11-14,16H2,2-4H3. The van der Waals surface area contributed by atoms with Crippen molar-refractivity contribution < 1.29 is 4.79 Å². The lowest BCUT2D eigenvalue weighted by molar-refractivity contribution is -0.117. The third-order valence-electron chi connectivity index (χ3n) is 7.74. The third-order valence-corrected chi connectivity index (χ3v) is 7.74. The van der Waals surface area contributed by atoms with Crippen molar-refractivity contribution >= 4 is 28.6 Å². The molecule has 2 aromatic heterocycles. The summed E-state index contributed by atoms with van der Waals surface area (Å²) in [5, 5.41) is 0. The number of likely N-dealkylation sites (N-methyl/N-ethyl adjacent to an activating group) is 1. The van der Waals surface area contributed by atoms with Gasteiger partial charge in [-0.05, 0) is 50.2 Å². The van der Waals surface area contributed by atoms with Crippen molar-refractivity contribution in [2.75, 3.05) is 44.0 Å². The average Bonchev–Trinajstić information content (AvgIpc) is 3.52. The van der Waals surface area contributed by atoms with Gasteiger partial charge in [0.05, 0.1) is 36.9 Å². The number of hydrogen-bond acceptors (Lipinski definition) is 5. The van der Waals surface area contributed by atoms with Crippen molar-refractivity contribution in [1.29, 1.82) is 0 Å². The second kappa shape index (κ2) is 9.02. The van der Waals surface area contributed by atoms with Gasteiger partial charge in [-0.2, -0.15) is 0 Å². The Morgan fingerprint density at radius 1 is 1.05 bits per heavy atom. The molecule has 2 aromatic carbocycles. The summed E-state index contributed by atoms with van der Waals surface area (Å²) >= 11 is 0. The van der Waals surface area contributed by atoms with Crippen molar-refractivity contribution in [3.63, 3.8) is 0 Å². The van der Waals surface area contributed by atoms with Crippen LogP contribution in [0.4, 0.5) is 17.2 Å². The van der Waals surface area contributed by atoms with Gasteiger partial charge in [-0.25, -0.2) is 14.8 Å². The predicted octanol–water partition coefficient (Wildman–Crippen LogP) is 4.66. The van der Waals surface area contributed by atoms with Gasteiger partial charge < -0.3 is 14.7 Å². The number of anilines is 2. The maximum atomic E-state index is 12.3. The molecule has 4 aromatic rings. The highest BCUT2D eigenvalue weighted by atomic mass is 16.2. The number of fused-ring (bicyclic) bond motifs is 2. The topological polar surface area (TPSA) is 61.3 Å². The summed E-state index contributed by atoms with van der Waals surface area (Å²) in [6.07, 6.45) is 6.30. The van der Waals surface area contributed by atoms with Crippen LogP contribution in [0.25, 0.3) is 32.9 Å². The van der Waals surface area contributed by atoms with Gasteiger partial charge >= 0.3 is 0 Å². The Bertz CT molecular complexity index is 1540. The van der Waals surface area contributed by atoms with Gasteiger partial charge in [0.2, 0.25) is 5.91 Å². The van der Waals surface area contributed by atoms with Crippen molar-refractivity contribution in [3.05, 3.63) is 72.0 Å². The van der Waals surface area contributed by atoms with Gasteiger partial charge in [-0.1, -0.05) is 30.3 Å². The molecule has 37 heavy (non-hydrogen) atoms. The molecule has 0 bridgehead atoms. The maximum Gasteiger partial charge on any atom is 0.231 e. The van der Waals surface area contributed by atoms with Crippen LogP contribution in [0, 0.1) is 6.57 Å². The van der Waals surface area contributed by atoms with Crippen LogP contribution in [0.1, 0.15) is 18.4 Å². The summed E-state index contributed by atoms with van der Waals surface area (Å²) in [7, 11) is 6.12. The number of piperidine rings is 1. The molecular formula is C29H29N7O. The van der Waals surface area contributed by atoms with Gasteiger partial charge in [0.1, 0.15) is 5.52 Å². The highest BCUT2D eigenvalue weighted by molar-refractivity contribution is 6.01. The van der Waals surface area contributed by atoms with E-state index < -0.39 is 0 Å². The highest BCUT2D eigenvalue weighted by Crippen LogP contribution is 2.39. The van der Waals surface area contributed by atoms with Crippen LogP contribution in [-0.4, -0.2) is 65.5 Å². The van der Waals surface area contributed by atoms with E-state index in [0.29, 0.717) is 18.2 Å². The monoisotopic (exact) mass is 491 g/mol. The van der Waals surface area contributed by atoms with E-state index >= 15 is 0 Å². The molecule has 0 spiro atoms. The van der Waals surface area contributed by atoms with E-state index in [1.807, 2.05) is 49.9 Å². The number of nitrogens with zero attached hydrogens (tertiary/aromatic N) is 7.